The minimum atomic E-state index is -0.431. The van der Waals surface area contributed by atoms with E-state index in [9.17, 15) is 9.59 Å². The van der Waals surface area contributed by atoms with Crippen LogP contribution in [0.5, 0.6) is 11.5 Å². The first kappa shape index (κ1) is 22.4. The van der Waals surface area contributed by atoms with Crippen molar-refractivity contribution in [3.63, 3.8) is 0 Å². The number of anilines is 1. The fourth-order valence-electron chi connectivity index (χ4n) is 3.55. The highest BCUT2D eigenvalue weighted by atomic mass is 35.5. The number of nitrogens with zero attached hydrogens (tertiary/aromatic N) is 2. The molecule has 7 nitrogen and oxygen atoms in total. The zero-order valence-corrected chi connectivity index (χ0v) is 18.9. The van der Waals surface area contributed by atoms with Gasteiger partial charge in [0.1, 0.15) is 17.2 Å². The van der Waals surface area contributed by atoms with E-state index in [1.165, 1.54) is 12.0 Å². The van der Waals surface area contributed by atoms with E-state index in [0.717, 1.165) is 5.56 Å². The summed E-state index contributed by atoms with van der Waals surface area (Å²) < 4.78 is 10.7. The molecule has 4 rings (SSSR count). The first-order valence-corrected chi connectivity index (χ1v) is 10.7. The molecular formula is C25H22ClN3O4. The van der Waals surface area contributed by atoms with Crippen LogP contribution in [0.1, 0.15) is 18.1 Å². The number of hydrogen-bond donors (Lipinski definition) is 1. The number of halogens is 1. The minimum absolute atomic E-state index is 0.112. The first-order chi connectivity index (χ1) is 16.0. The Balaban J connectivity index is 1.72. The van der Waals surface area contributed by atoms with Gasteiger partial charge in [-0.1, -0.05) is 29.8 Å². The van der Waals surface area contributed by atoms with Crippen molar-refractivity contribution >= 4 is 34.7 Å². The number of rotatable bonds is 8. The van der Waals surface area contributed by atoms with E-state index in [0.29, 0.717) is 34.4 Å². The Morgan fingerprint density at radius 3 is 2.48 bits per heavy atom. The van der Waals surface area contributed by atoms with Gasteiger partial charge in [-0.2, -0.15) is 0 Å². The molecule has 0 saturated heterocycles. The van der Waals surface area contributed by atoms with Gasteiger partial charge in [0.25, 0.3) is 11.8 Å². The monoisotopic (exact) mass is 463 g/mol. The lowest BCUT2D eigenvalue weighted by Crippen LogP contribution is -2.32. The minimum Gasteiger partial charge on any atom is -0.495 e. The van der Waals surface area contributed by atoms with Crippen LogP contribution >= 0.6 is 11.6 Å². The van der Waals surface area contributed by atoms with Crippen molar-refractivity contribution in [2.24, 2.45) is 0 Å². The number of nitrogens with one attached hydrogen (secondary N) is 1. The van der Waals surface area contributed by atoms with Gasteiger partial charge in [-0.15, -0.1) is 0 Å². The van der Waals surface area contributed by atoms with Crippen molar-refractivity contribution in [3.8, 4) is 11.5 Å². The van der Waals surface area contributed by atoms with Crippen molar-refractivity contribution in [2.75, 3.05) is 19.0 Å². The van der Waals surface area contributed by atoms with Crippen molar-refractivity contribution in [1.82, 2.24) is 9.88 Å². The number of carbonyl (C=O) groups excluding carboxylic acids is 2. The molecule has 0 unspecified atom stereocenters. The molecule has 0 fully saturated rings. The number of carbonyl (C=O) groups is 2. The second kappa shape index (κ2) is 9.75. The number of imide groups is 1. The van der Waals surface area contributed by atoms with Gasteiger partial charge in [-0.25, -0.2) is 0 Å². The molecule has 0 saturated carbocycles. The van der Waals surface area contributed by atoms with Crippen molar-refractivity contribution in [3.05, 3.63) is 88.8 Å². The Hall–Kier alpha value is -3.84. The molecule has 168 valence electrons. The number of aromatic nitrogens is 1. The summed E-state index contributed by atoms with van der Waals surface area (Å²) in [4.78, 5) is 32.1. The van der Waals surface area contributed by atoms with Crippen LogP contribution in [0.25, 0.3) is 5.57 Å². The van der Waals surface area contributed by atoms with Crippen LogP contribution in [-0.2, 0) is 16.1 Å². The smallest absolute Gasteiger partial charge is 0.278 e. The topological polar surface area (TPSA) is 80.8 Å². The zero-order chi connectivity index (χ0) is 23.4. The average molecular weight is 464 g/mol. The van der Waals surface area contributed by atoms with Gasteiger partial charge in [0, 0.05) is 18.1 Å². The summed E-state index contributed by atoms with van der Waals surface area (Å²) in [5.74, 6) is 0.368. The second-order valence-corrected chi connectivity index (χ2v) is 7.65. The third-order valence-electron chi connectivity index (χ3n) is 5.11. The maximum absolute atomic E-state index is 13.4. The zero-order valence-electron chi connectivity index (χ0n) is 18.2. The van der Waals surface area contributed by atoms with Gasteiger partial charge in [-0.3, -0.25) is 19.5 Å². The van der Waals surface area contributed by atoms with Gasteiger partial charge in [0.2, 0.25) is 0 Å². The number of hydrogen-bond acceptors (Lipinski definition) is 6. The molecular weight excluding hydrogens is 442 g/mol. The number of benzene rings is 2. The summed E-state index contributed by atoms with van der Waals surface area (Å²) in [6, 6.07) is 15.7. The summed E-state index contributed by atoms with van der Waals surface area (Å²) in [5.41, 5.74) is 2.36. The molecule has 33 heavy (non-hydrogen) atoms. The quantitative estimate of drug-likeness (QED) is 0.494. The van der Waals surface area contributed by atoms with Crippen molar-refractivity contribution in [2.45, 2.75) is 13.5 Å². The molecule has 3 aromatic rings. The lowest BCUT2D eigenvalue weighted by Gasteiger charge is -2.15. The van der Waals surface area contributed by atoms with E-state index in [-0.39, 0.29) is 17.8 Å². The third kappa shape index (κ3) is 4.68. The van der Waals surface area contributed by atoms with Crippen LogP contribution in [0.2, 0.25) is 5.02 Å². The summed E-state index contributed by atoms with van der Waals surface area (Å²) in [7, 11) is 1.52. The maximum Gasteiger partial charge on any atom is 0.278 e. The van der Waals surface area contributed by atoms with E-state index in [4.69, 9.17) is 21.1 Å². The lowest BCUT2D eigenvalue weighted by molar-refractivity contribution is -0.137. The Labute approximate surface area is 196 Å². The van der Waals surface area contributed by atoms with Gasteiger partial charge >= 0.3 is 0 Å². The molecule has 0 radical (unpaired) electrons. The molecule has 8 heteroatoms. The molecule has 1 aliphatic heterocycles. The normalized spacial score (nSPS) is 13.5. The van der Waals surface area contributed by atoms with E-state index >= 15 is 0 Å². The van der Waals surface area contributed by atoms with Gasteiger partial charge in [0.05, 0.1) is 30.9 Å². The Kier molecular flexibility index (Phi) is 6.60. The molecule has 2 amide bonds. The molecule has 0 spiro atoms. The molecule has 2 aromatic carbocycles. The van der Waals surface area contributed by atoms with Crippen LogP contribution < -0.4 is 14.8 Å². The van der Waals surface area contributed by atoms with Crippen LogP contribution in [0, 0.1) is 0 Å². The molecule has 0 aliphatic carbocycles. The molecule has 1 aliphatic rings. The number of methoxy groups -OCH3 is 1. The predicted molar refractivity (Wildman–Crippen MR) is 126 cm³/mol. The summed E-state index contributed by atoms with van der Waals surface area (Å²) in [5, 5.41) is 3.48. The number of pyridine rings is 1. The highest BCUT2D eigenvalue weighted by Crippen LogP contribution is 2.34. The van der Waals surface area contributed by atoms with E-state index in [1.54, 1.807) is 60.9 Å². The molecule has 0 atom stereocenters. The molecule has 0 bridgehead atoms. The highest BCUT2D eigenvalue weighted by molar-refractivity contribution is 6.36. The summed E-state index contributed by atoms with van der Waals surface area (Å²) in [6.07, 6.45) is 3.27. The Morgan fingerprint density at radius 1 is 1.06 bits per heavy atom. The van der Waals surface area contributed by atoms with Crippen LogP contribution in [-0.4, -0.2) is 35.4 Å². The van der Waals surface area contributed by atoms with Gasteiger partial charge < -0.3 is 14.8 Å². The second-order valence-electron chi connectivity index (χ2n) is 7.24. The standard InChI is InChI=1S/C25H22ClN3O4/c1-3-33-19-9-6-17(7-10-19)22-23(28-18-8-11-21(32-2)20(26)13-18)25(31)29(24(22)30)15-16-5-4-12-27-14-16/h4-14,28H,3,15H2,1-2H3. The average Bonchev–Trinajstić information content (AvgIpc) is 3.05. The molecule has 1 N–H and O–H groups in total. The number of amides is 2. The van der Waals surface area contributed by atoms with Gasteiger partial charge in [-0.05, 0) is 54.4 Å². The SMILES string of the molecule is CCOc1ccc(C2=C(Nc3ccc(OC)c(Cl)c3)C(=O)N(Cc3cccnc3)C2=O)cc1. The number of ether oxygens (including phenoxy) is 2. The van der Waals surface area contributed by atoms with Crippen molar-refractivity contribution in [1.29, 1.82) is 0 Å². The van der Waals surface area contributed by atoms with Crippen molar-refractivity contribution < 1.29 is 19.1 Å². The Bertz CT molecular complexity index is 1210. The first-order valence-electron chi connectivity index (χ1n) is 10.3. The fraction of sp³-hybridized carbons (Fsp3) is 0.160. The molecule has 2 heterocycles. The predicted octanol–water partition coefficient (Wildman–Crippen LogP) is 4.53. The summed E-state index contributed by atoms with van der Waals surface area (Å²) >= 11 is 6.25. The lowest BCUT2D eigenvalue weighted by atomic mass is 10.0. The maximum atomic E-state index is 13.4. The van der Waals surface area contributed by atoms with Gasteiger partial charge in [0.15, 0.2) is 0 Å². The Morgan fingerprint density at radius 2 is 1.85 bits per heavy atom. The fourth-order valence-corrected chi connectivity index (χ4v) is 3.81. The third-order valence-corrected chi connectivity index (χ3v) is 5.40. The molecule has 1 aromatic heterocycles. The van der Waals surface area contributed by atoms with E-state index < -0.39 is 11.8 Å². The van der Waals surface area contributed by atoms with E-state index in [1.807, 2.05) is 13.0 Å². The van der Waals surface area contributed by atoms with Crippen LogP contribution in [0.4, 0.5) is 5.69 Å². The van der Waals surface area contributed by atoms with Crippen LogP contribution in [0.3, 0.4) is 0 Å². The largest absolute Gasteiger partial charge is 0.495 e. The van der Waals surface area contributed by atoms with E-state index in [2.05, 4.69) is 10.3 Å². The highest BCUT2D eigenvalue weighted by Gasteiger charge is 2.39. The summed E-state index contributed by atoms with van der Waals surface area (Å²) in [6.45, 7) is 2.54. The van der Waals surface area contributed by atoms with Crippen LogP contribution in [0.15, 0.2) is 72.7 Å².